The summed E-state index contributed by atoms with van der Waals surface area (Å²) in [6.45, 7) is 16.8. The van der Waals surface area contributed by atoms with Gasteiger partial charge in [-0.2, -0.15) is 0 Å². The quantitative estimate of drug-likeness (QED) is 0.455. The second-order valence-corrected chi connectivity index (χ2v) is 6.56. The Morgan fingerprint density at radius 1 is 1.41 bits per heavy atom. The molecule has 0 aromatic carbocycles. The number of hydrogen-bond donors (Lipinski definition) is 0. The molecule has 1 saturated carbocycles. The minimum Gasteiger partial charge on any atom is -0.312 e. The number of allylic oxidation sites excluding steroid dienone is 1. The predicted octanol–water partition coefficient (Wildman–Crippen LogP) is 4.70. The van der Waals surface area contributed by atoms with Gasteiger partial charge in [0.05, 0.1) is 5.41 Å². The summed E-state index contributed by atoms with van der Waals surface area (Å²) in [6.07, 6.45) is 7.45. The Morgan fingerprint density at radius 2 is 2.12 bits per heavy atom. The summed E-state index contributed by atoms with van der Waals surface area (Å²) >= 11 is 0. The van der Waals surface area contributed by atoms with E-state index in [9.17, 15) is 0 Å². The van der Waals surface area contributed by atoms with Gasteiger partial charge in [0.1, 0.15) is 0 Å². The highest BCUT2D eigenvalue weighted by atomic mass is 14.8. The lowest BCUT2D eigenvalue weighted by Crippen LogP contribution is -2.46. The Labute approximate surface area is 106 Å². The van der Waals surface area contributed by atoms with Crippen molar-refractivity contribution in [1.82, 2.24) is 0 Å². The third-order valence-corrected chi connectivity index (χ3v) is 5.27. The molecule has 1 nitrogen and oxygen atoms in total. The van der Waals surface area contributed by atoms with E-state index in [1.54, 1.807) is 0 Å². The van der Waals surface area contributed by atoms with Crippen molar-refractivity contribution in [3.8, 4) is 0 Å². The molecular formula is C16H25N. The average Bonchev–Trinajstić information content (AvgIpc) is 2.65. The van der Waals surface area contributed by atoms with Gasteiger partial charge in [0.15, 0.2) is 0 Å². The molecule has 1 fully saturated rings. The van der Waals surface area contributed by atoms with Gasteiger partial charge < -0.3 is 4.85 Å². The fraction of sp³-hybridized carbons (Fsp3) is 0.812. The van der Waals surface area contributed by atoms with Crippen LogP contribution < -0.4 is 0 Å². The van der Waals surface area contributed by atoms with E-state index in [4.69, 9.17) is 6.57 Å². The Kier molecular flexibility index (Phi) is 3.34. The van der Waals surface area contributed by atoms with E-state index >= 15 is 0 Å². The van der Waals surface area contributed by atoms with Gasteiger partial charge >= 0.3 is 0 Å². The standard InChI is InChI=1S/C16H25N/c1-11(2)14-7-6-13(4)16(15(14)17-5)9-8-12(3)10-16/h10-11,13-15H,6-9H2,1-4H3/t13-,14+,15-,16?/m1/s1. The number of nitrogens with zero attached hydrogens (tertiary/aromatic N) is 1. The molecule has 0 amide bonds. The molecule has 0 saturated heterocycles. The Hall–Kier alpha value is -0.770. The lowest BCUT2D eigenvalue weighted by atomic mass is 9.58. The van der Waals surface area contributed by atoms with Crippen molar-refractivity contribution in [2.45, 2.75) is 59.4 Å². The van der Waals surface area contributed by atoms with Gasteiger partial charge in [-0.25, -0.2) is 6.57 Å². The second kappa shape index (κ2) is 4.48. The summed E-state index contributed by atoms with van der Waals surface area (Å²) in [5, 5.41) is 0. The van der Waals surface area contributed by atoms with Gasteiger partial charge in [-0.1, -0.05) is 32.4 Å². The van der Waals surface area contributed by atoms with Crippen LogP contribution >= 0.6 is 0 Å². The summed E-state index contributed by atoms with van der Waals surface area (Å²) in [7, 11) is 0. The number of rotatable bonds is 1. The molecule has 0 aromatic rings. The van der Waals surface area contributed by atoms with E-state index in [-0.39, 0.29) is 11.5 Å². The molecule has 4 atom stereocenters. The van der Waals surface area contributed by atoms with Gasteiger partial charge in [0.25, 0.3) is 0 Å². The molecule has 1 spiro atoms. The van der Waals surface area contributed by atoms with Crippen LogP contribution in [0.25, 0.3) is 4.85 Å². The highest BCUT2D eigenvalue weighted by Crippen LogP contribution is 2.54. The Bertz CT molecular complexity index is 360. The Morgan fingerprint density at radius 3 is 2.59 bits per heavy atom. The van der Waals surface area contributed by atoms with Gasteiger partial charge in [-0.3, -0.25) is 0 Å². The molecular weight excluding hydrogens is 206 g/mol. The SMILES string of the molecule is [C-]#[N+][C@@H]1[C@H](C(C)C)CC[C@@H](C)C12C=C(C)CC2. The fourth-order valence-corrected chi connectivity index (χ4v) is 4.11. The third kappa shape index (κ3) is 1.92. The zero-order valence-electron chi connectivity index (χ0n) is 11.7. The molecule has 0 bridgehead atoms. The normalized spacial score (nSPS) is 41.6. The van der Waals surface area contributed by atoms with Crippen LogP contribution in [0.4, 0.5) is 0 Å². The fourth-order valence-electron chi connectivity index (χ4n) is 4.11. The van der Waals surface area contributed by atoms with E-state index < -0.39 is 0 Å². The van der Waals surface area contributed by atoms with Crippen LogP contribution in [0.5, 0.6) is 0 Å². The maximum absolute atomic E-state index is 7.66. The molecule has 2 rings (SSSR count). The van der Waals surface area contributed by atoms with Gasteiger partial charge in [-0.15, -0.1) is 0 Å². The zero-order valence-corrected chi connectivity index (χ0v) is 11.7. The smallest absolute Gasteiger partial charge is 0.235 e. The van der Waals surface area contributed by atoms with Crippen molar-refractivity contribution in [1.29, 1.82) is 0 Å². The molecule has 0 N–H and O–H groups in total. The van der Waals surface area contributed by atoms with E-state index in [2.05, 4.69) is 38.6 Å². The van der Waals surface area contributed by atoms with Crippen LogP contribution in [-0.2, 0) is 0 Å². The summed E-state index contributed by atoms with van der Waals surface area (Å²) < 4.78 is 0. The van der Waals surface area contributed by atoms with Crippen LogP contribution in [0.2, 0.25) is 0 Å². The van der Waals surface area contributed by atoms with Crippen molar-refractivity contribution in [3.63, 3.8) is 0 Å². The van der Waals surface area contributed by atoms with Gasteiger partial charge in [-0.05, 0) is 44.4 Å². The van der Waals surface area contributed by atoms with Crippen LogP contribution in [-0.4, -0.2) is 6.04 Å². The van der Waals surface area contributed by atoms with Crippen LogP contribution in [0.1, 0.15) is 53.4 Å². The van der Waals surface area contributed by atoms with Crippen molar-refractivity contribution in [2.24, 2.45) is 23.2 Å². The predicted molar refractivity (Wildman–Crippen MR) is 72.5 cm³/mol. The lowest BCUT2D eigenvalue weighted by molar-refractivity contribution is 0.0827. The van der Waals surface area contributed by atoms with Crippen LogP contribution in [0.3, 0.4) is 0 Å². The molecule has 0 heterocycles. The van der Waals surface area contributed by atoms with Crippen molar-refractivity contribution >= 4 is 0 Å². The Balaban J connectivity index is 2.37. The van der Waals surface area contributed by atoms with Crippen LogP contribution in [0.15, 0.2) is 11.6 Å². The maximum Gasteiger partial charge on any atom is 0.235 e. The third-order valence-electron chi connectivity index (χ3n) is 5.27. The first-order chi connectivity index (χ1) is 8.01. The monoisotopic (exact) mass is 231 g/mol. The first kappa shape index (κ1) is 12.7. The van der Waals surface area contributed by atoms with E-state index in [0.717, 1.165) is 0 Å². The van der Waals surface area contributed by atoms with Crippen molar-refractivity contribution in [2.75, 3.05) is 0 Å². The summed E-state index contributed by atoms with van der Waals surface area (Å²) in [5.41, 5.74) is 1.72. The zero-order chi connectivity index (χ0) is 12.6. The molecule has 1 unspecified atom stereocenters. The molecule has 1 heteroatoms. The van der Waals surface area contributed by atoms with E-state index in [0.29, 0.717) is 17.8 Å². The van der Waals surface area contributed by atoms with Gasteiger partial charge in [0.2, 0.25) is 6.04 Å². The van der Waals surface area contributed by atoms with Crippen LogP contribution in [0, 0.1) is 29.7 Å². The van der Waals surface area contributed by atoms with E-state index in [1.165, 1.54) is 31.3 Å². The van der Waals surface area contributed by atoms with Crippen molar-refractivity contribution < 1.29 is 0 Å². The van der Waals surface area contributed by atoms with Gasteiger partial charge in [0, 0.05) is 5.92 Å². The molecule has 2 aliphatic carbocycles. The summed E-state index contributed by atoms with van der Waals surface area (Å²) in [4.78, 5) is 4.08. The maximum atomic E-state index is 7.66. The first-order valence-corrected chi connectivity index (χ1v) is 7.06. The minimum absolute atomic E-state index is 0.207. The topological polar surface area (TPSA) is 4.36 Å². The highest BCUT2D eigenvalue weighted by Gasteiger charge is 2.55. The molecule has 0 aliphatic heterocycles. The highest BCUT2D eigenvalue weighted by molar-refractivity contribution is 5.24. The second-order valence-electron chi connectivity index (χ2n) is 6.56. The summed E-state index contributed by atoms with van der Waals surface area (Å²) in [6, 6.07) is 0.226. The van der Waals surface area contributed by atoms with E-state index in [1.807, 2.05) is 0 Å². The minimum atomic E-state index is 0.207. The average molecular weight is 231 g/mol. The molecule has 0 radical (unpaired) electrons. The molecule has 94 valence electrons. The largest absolute Gasteiger partial charge is 0.312 e. The molecule has 0 aromatic heterocycles. The lowest BCUT2D eigenvalue weighted by Gasteiger charge is -2.44. The van der Waals surface area contributed by atoms with Crippen molar-refractivity contribution in [3.05, 3.63) is 23.1 Å². The summed E-state index contributed by atoms with van der Waals surface area (Å²) in [5.74, 6) is 1.94. The number of hydrogen-bond acceptors (Lipinski definition) is 0. The first-order valence-electron chi connectivity index (χ1n) is 7.06. The molecule has 2 aliphatic rings. The molecule has 17 heavy (non-hydrogen) atoms.